The molecule has 0 aliphatic carbocycles. The maximum absolute atomic E-state index is 5.34. The van der Waals surface area contributed by atoms with Crippen LogP contribution in [0.4, 0.5) is 0 Å². The van der Waals surface area contributed by atoms with Crippen LogP contribution >= 0.6 is 12.2 Å². The molecule has 0 saturated carbocycles. The molecule has 2 heterocycles. The average molecular weight is 278 g/mol. The van der Waals surface area contributed by atoms with Crippen LogP contribution in [0.15, 0.2) is 54.6 Å². The molecule has 0 amide bonds. The Labute approximate surface area is 119 Å². The summed E-state index contributed by atoms with van der Waals surface area (Å²) in [6, 6.07) is 18.0. The first-order valence-electron chi connectivity index (χ1n) is 6.26. The Bertz CT molecular complexity index is 969. The molecule has 2 aromatic heterocycles. The van der Waals surface area contributed by atoms with E-state index in [1.54, 1.807) is 0 Å². The minimum atomic E-state index is 0.440. The van der Waals surface area contributed by atoms with Crippen molar-refractivity contribution in [2.45, 2.75) is 0 Å². The van der Waals surface area contributed by atoms with Gasteiger partial charge < -0.3 is 4.98 Å². The number of aromatic amines is 1. The highest BCUT2D eigenvalue weighted by Crippen LogP contribution is 2.24. The molecule has 0 aliphatic rings. The van der Waals surface area contributed by atoms with Crippen molar-refractivity contribution in [1.82, 2.24) is 19.7 Å². The summed E-state index contributed by atoms with van der Waals surface area (Å²) >= 11 is 5.34. The highest BCUT2D eigenvalue weighted by atomic mass is 32.1. The van der Waals surface area contributed by atoms with E-state index >= 15 is 0 Å². The third kappa shape index (κ3) is 1.57. The summed E-state index contributed by atoms with van der Waals surface area (Å²) in [6.45, 7) is 0. The molecule has 0 radical (unpaired) electrons. The first-order chi connectivity index (χ1) is 9.84. The lowest BCUT2D eigenvalue weighted by molar-refractivity contribution is 0.912. The molecule has 0 fully saturated rings. The van der Waals surface area contributed by atoms with Gasteiger partial charge in [-0.05, 0) is 30.4 Å². The van der Waals surface area contributed by atoms with Crippen LogP contribution < -0.4 is 0 Å². The Hall–Kier alpha value is -2.53. The lowest BCUT2D eigenvalue weighted by atomic mass is 10.2. The van der Waals surface area contributed by atoms with Crippen LogP contribution in [0.5, 0.6) is 0 Å². The molecule has 0 aliphatic heterocycles. The third-order valence-electron chi connectivity index (χ3n) is 3.32. The number of benzene rings is 2. The SMILES string of the molecule is S=c1nnc2c3ccccc3[nH]c2n1-c1ccccc1. The van der Waals surface area contributed by atoms with E-state index in [4.69, 9.17) is 12.2 Å². The summed E-state index contributed by atoms with van der Waals surface area (Å²) in [5.41, 5.74) is 3.71. The van der Waals surface area contributed by atoms with Gasteiger partial charge in [-0.1, -0.05) is 36.4 Å². The minimum Gasteiger partial charge on any atom is -0.339 e. The maximum Gasteiger partial charge on any atom is 0.226 e. The number of nitrogens with zero attached hydrogens (tertiary/aromatic N) is 3. The van der Waals surface area contributed by atoms with E-state index in [-0.39, 0.29) is 0 Å². The number of para-hydroxylation sites is 2. The van der Waals surface area contributed by atoms with E-state index in [2.05, 4.69) is 15.2 Å². The van der Waals surface area contributed by atoms with Crippen LogP contribution in [0.3, 0.4) is 0 Å². The summed E-state index contributed by atoms with van der Waals surface area (Å²) in [5.74, 6) is 0. The van der Waals surface area contributed by atoms with Gasteiger partial charge in [0.05, 0.1) is 0 Å². The zero-order chi connectivity index (χ0) is 13.5. The van der Waals surface area contributed by atoms with Crippen molar-refractivity contribution in [3.8, 4) is 5.69 Å². The molecule has 96 valence electrons. The van der Waals surface area contributed by atoms with Gasteiger partial charge in [0, 0.05) is 16.6 Å². The minimum absolute atomic E-state index is 0.440. The number of rotatable bonds is 1. The fourth-order valence-corrected chi connectivity index (χ4v) is 2.66. The van der Waals surface area contributed by atoms with Gasteiger partial charge in [0.1, 0.15) is 11.2 Å². The van der Waals surface area contributed by atoms with Crippen molar-refractivity contribution < 1.29 is 0 Å². The normalized spacial score (nSPS) is 11.2. The number of aromatic nitrogens is 4. The molecule has 4 rings (SSSR count). The second-order valence-corrected chi connectivity index (χ2v) is 4.89. The first-order valence-corrected chi connectivity index (χ1v) is 6.67. The molecule has 20 heavy (non-hydrogen) atoms. The molecular weight excluding hydrogens is 268 g/mol. The monoisotopic (exact) mass is 278 g/mol. The second-order valence-electron chi connectivity index (χ2n) is 4.52. The van der Waals surface area contributed by atoms with Gasteiger partial charge in [0.2, 0.25) is 4.77 Å². The lowest BCUT2D eigenvalue weighted by Gasteiger charge is -2.06. The molecular formula is C15H10N4S. The Kier molecular flexibility index (Phi) is 2.40. The van der Waals surface area contributed by atoms with Gasteiger partial charge in [-0.3, -0.25) is 4.57 Å². The topological polar surface area (TPSA) is 46.5 Å². The van der Waals surface area contributed by atoms with Crippen molar-refractivity contribution in [3.05, 3.63) is 59.4 Å². The molecule has 0 bridgehead atoms. The number of fused-ring (bicyclic) bond motifs is 3. The van der Waals surface area contributed by atoms with Crippen LogP contribution in [0.25, 0.3) is 27.8 Å². The van der Waals surface area contributed by atoms with Crippen molar-refractivity contribution >= 4 is 34.3 Å². The number of H-pyrrole nitrogens is 1. The van der Waals surface area contributed by atoms with E-state index in [9.17, 15) is 0 Å². The summed E-state index contributed by atoms with van der Waals surface area (Å²) in [7, 11) is 0. The van der Waals surface area contributed by atoms with Crippen molar-refractivity contribution in [1.29, 1.82) is 0 Å². The van der Waals surface area contributed by atoms with Crippen LogP contribution in [-0.4, -0.2) is 19.7 Å². The van der Waals surface area contributed by atoms with E-state index < -0.39 is 0 Å². The van der Waals surface area contributed by atoms with Gasteiger partial charge in [0.15, 0.2) is 0 Å². The number of hydrogen-bond acceptors (Lipinski definition) is 3. The highest BCUT2D eigenvalue weighted by Gasteiger charge is 2.11. The Morgan fingerprint density at radius 2 is 1.65 bits per heavy atom. The van der Waals surface area contributed by atoms with Gasteiger partial charge in [-0.15, -0.1) is 10.2 Å². The molecule has 0 atom stereocenters. The first kappa shape index (κ1) is 11.3. The predicted molar refractivity (Wildman–Crippen MR) is 81.6 cm³/mol. The molecule has 4 aromatic rings. The van der Waals surface area contributed by atoms with Crippen molar-refractivity contribution in [3.63, 3.8) is 0 Å². The average Bonchev–Trinajstić information content (AvgIpc) is 2.86. The fraction of sp³-hybridized carbons (Fsp3) is 0. The molecule has 0 spiro atoms. The van der Waals surface area contributed by atoms with Gasteiger partial charge in [-0.25, -0.2) is 0 Å². The standard InChI is InChI=1S/C15H10N4S/c20-15-18-17-13-11-8-4-5-9-12(11)16-14(13)19(15)10-6-2-1-3-7-10/h1-9,16H. The van der Waals surface area contributed by atoms with Gasteiger partial charge in [0.25, 0.3) is 0 Å². The predicted octanol–water partition coefficient (Wildman–Crippen LogP) is 3.63. The second kappa shape index (κ2) is 4.25. The smallest absolute Gasteiger partial charge is 0.226 e. The van der Waals surface area contributed by atoms with E-state index in [1.807, 2.05) is 59.2 Å². The molecule has 4 nitrogen and oxygen atoms in total. The number of nitrogens with one attached hydrogen (secondary N) is 1. The zero-order valence-corrected chi connectivity index (χ0v) is 11.3. The van der Waals surface area contributed by atoms with Crippen molar-refractivity contribution in [2.75, 3.05) is 0 Å². The van der Waals surface area contributed by atoms with Gasteiger partial charge >= 0.3 is 0 Å². The zero-order valence-electron chi connectivity index (χ0n) is 10.4. The largest absolute Gasteiger partial charge is 0.339 e. The Morgan fingerprint density at radius 3 is 2.50 bits per heavy atom. The lowest BCUT2D eigenvalue weighted by Crippen LogP contribution is -2.02. The summed E-state index contributed by atoms with van der Waals surface area (Å²) in [4.78, 5) is 3.38. The summed E-state index contributed by atoms with van der Waals surface area (Å²) < 4.78 is 2.35. The Morgan fingerprint density at radius 1 is 0.900 bits per heavy atom. The van der Waals surface area contributed by atoms with Crippen LogP contribution in [0.2, 0.25) is 0 Å². The Balaban J connectivity index is 2.20. The van der Waals surface area contributed by atoms with Crippen LogP contribution in [0.1, 0.15) is 0 Å². The van der Waals surface area contributed by atoms with Crippen LogP contribution in [-0.2, 0) is 0 Å². The van der Waals surface area contributed by atoms with E-state index in [0.717, 1.165) is 27.8 Å². The van der Waals surface area contributed by atoms with Crippen LogP contribution in [0, 0.1) is 4.77 Å². The van der Waals surface area contributed by atoms with Crippen molar-refractivity contribution in [2.24, 2.45) is 0 Å². The molecule has 1 N–H and O–H groups in total. The third-order valence-corrected chi connectivity index (χ3v) is 3.59. The fourth-order valence-electron chi connectivity index (χ4n) is 2.43. The molecule has 0 saturated heterocycles. The maximum atomic E-state index is 5.34. The summed E-state index contributed by atoms with van der Waals surface area (Å²) in [6.07, 6.45) is 0. The molecule has 2 aromatic carbocycles. The summed E-state index contributed by atoms with van der Waals surface area (Å²) in [5, 5.41) is 9.41. The quantitative estimate of drug-likeness (QED) is 0.541. The van der Waals surface area contributed by atoms with Gasteiger partial charge in [-0.2, -0.15) is 0 Å². The molecule has 0 unspecified atom stereocenters. The van der Waals surface area contributed by atoms with E-state index in [0.29, 0.717) is 4.77 Å². The number of hydrogen-bond donors (Lipinski definition) is 1. The van der Waals surface area contributed by atoms with E-state index in [1.165, 1.54) is 0 Å². The highest BCUT2D eigenvalue weighted by molar-refractivity contribution is 7.71. The molecule has 5 heteroatoms.